The fourth-order valence-electron chi connectivity index (χ4n) is 4.85. The van der Waals surface area contributed by atoms with Gasteiger partial charge >= 0.3 is 0 Å². The van der Waals surface area contributed by atoms with Gasteiger partial charge in [-0.1, -0.05) is 76.2 Å². The Bertz CT molecular complexity index is 979. The van der Waals surface area contributed by atoms with Crippen LogP contribution in [0.2, 0.25) is 0 Å². The summed E-state index contributed by atoms with van der Waals surface area (Å²) in [5.74, 6) is 0. The third kappa shape index (κ3) is 2.02. The lowest BCUT2D eigenvalue weighted by atomic mass is 9.57. The van der Waals surface area contributed by atoms with Gasteiger partial charge in [0.05, 0.1) is 5.56 Å². The number of fused-ring (bicyclic) bond motifs is 3. The number of rotatable bonds is 2. The van der Waals surface area contributed by atoms with E-state index >= 15 is 0 Å². The largest absolute Gasteiger partial charge is 0.203 e. The lowest BCUT2D eigenvalue weighted by molar-refractivity contribution is -0.745. The van der Waals surface area contributed by atoms with Crippen LogP contribution in [0.1, 0.15) is 50.9 Å². The maximum absolute atomic E-state index is 2.46. The Morgan fingerprint density at radius 2 is 1.65 bits per heavy atom. The molecule has 0 aliphatic carbocycles. The van der Waals surface area contributed by atoms with E-state index < -0.39 is 0 Å². The van der Waals surface area contributed by atoms with Crippen molar-refractivity contribution >= 4 is 0 Å². The van der Waals surface area contributed by atoms with E-state index in [2.05, 4.69) is 106 Å². The average Bonchev–Trinajstić information content (AvgIpc) is 2.98. The van der Waals surface area contributed by atoms with Crippen molar-refractivity contribution in [2.75, 3.05) is 0 Å². The normalized spacial score (nSPS) is 20.5. The van der Waals surface area contributed by atoms with Crippen LogP contribution >= 0.6 is 0 Å². The Labute approximate surface area is 157 Å². The maximum Gasteiger partial charge on any atom is 0.203 e. The van der Waals surface area contributed by atoms with Gasteiger partial charge in [0.25, 0.3) is 0 Å². The first kappa shape index (κ1) is 17.1. The number of para-hydroxylation sites is 1. The summed E-state index contributed by atoms with van der Waals surface area (Å²) in [6, 6.07) is 17.6. The van der Waals surface area contributed by atoms with Crippen LogP contribution in [0.15, 0.2) is 54.7 Å². The minimum Gasteiger partial charge on any atom is -0.124 e. The lowest BCUT2D eigenvalue weighted by Crippen LogP contribution is -2.52. The van der Waals surface area contributed by atoms with Gasteiger partial charge in [-0.15, -0.1) is 9.36 Å². The summed E-state index contributed by atoms with van der Waals surface area (Å²) in [5, 5.41) is 0. The second-order valence-electron chi connectivity index (χ2n) is 8.42. The molecule has 0 saturated heterocycles. The Hall–Kier alpha value is -2.35. The fourth-order valence-corrected chi connectivity index (χ4v) is 4.85. The SMILES string of the molecule is CCC1(C)c2c(-c3ccccc3)c[n+](C)n2-c2c(C)cccc2C1(C)C. The molecule has 26 heavy (non-hydrogen) atoms. The summed E-state index contributed by atoms with van der Waals surface area (Å²) in [7, 11) is 2.17. The monoisotopic (exact) mass is 345 g/mol. The highest BCUT2D eigenvalue weighted by Crippen LogP contribution is 2.54. The molecule has 0 saturated carbocycles. The van der Waals surface area contributed by atoms with Crippen LogP contribution in [0.4, 0.5) is 0 Å². The van der Waals surface area contributed by atoms with Gasteiger partial charge in [0.15, 0.2) is 7.05 Å². The molecule has 0 amide bonds. The Morgan fingerprint density at radius 1 is 0.962 bits per heavy atom. The zero-order chi connectivity index (χ0) is 18.7. The zero-order valence-corrected chi connectivity index (χ0v) is 16.8. The van der Waals surface area contributed by atoms with Gasteiger partial charge in [0, 0.05) is 10.8 Å². The van der Waals surface area contributed by atoms with Crippen LogP contribution < -0.4 is 4.68 Å². The summed E-state index contributed by atoms with van der Waals surface area (Å²) in [6.07, 6.45) is 3.40. The van der Waals surface area contributed by atoms with Crippen molar-refractivity contribution in [3.8, 4) is 16.8 Å². The molecule has 1 aliphatic heterocycles. The minimum absolute atomic E-state index is 0.0419. The molecule has 1 unspecified atom stereocenters. The van der Waals surface area contributed by atoms with Gasteiger partial charge < -0.3 is 0 Å². The smallest absolute Gasteiger partial charge is 0.124 e. The van der Waals surface area contributed by atoms with E-state index in [1.165, 1.54) is 33.6 Å². The number of aryl methyl sites for hydroxylation is 2. The second-order valence-corrected chi connectivity index (χ2v) is 8.42. The van der Waals surface area contributed by atoms with Gasteiger partial charge in [-0.05, 0) is 30.0 Å². The summed E-state index contributed by atoms with van der Waals surface area (Å²) in [6.45, 7) is 11.8. The number of hydrogen-bond donors (Lipinski definition) is 0. The van der Waals surface area contributed by atoms with Crippen molar-refractivity contribution in [3.05, 3.63) is 71.5 Å². The van der Waals surface area contributed by atoms with Crippen molar-refractivity contribution in [3.63, 3.8) is 0 Å². The predicted octanol–water partition coefficient (Wildman–Crippen LogP) is 5.24. The maximum atomic E-state index is 2.46. The molecule has 0 radical (unpaired) electrons. The molecule has 0 spiro atoms. The highest BCUT2D eigenvalue weighted by atomic mass is 15.4. The van der Waals surface area contributed by atoms with Crippen LogP contribution in [-0.4, -0.2) is 4.68 Å². The first-order valence-corrected chi connectivity index (χ1v) is 9.61. The van der Waals surface area contributed by atoms with Crippen molar-refractivity contribution < 1.29 is 4.68 Å². The molecule has 0 N–H and O–H groups in total. The Kier molecular flexibility index (Phi) is 3.66. The van der Waals surface area contributed by atoms with Gasteiger partial charge in [-0.3, -0.25) is 0 Å². The molecule has 2 heterocycles. The number of aromatic nitrogens is 2. The molecule has 2 nitrogen and oxygen atoms in total. The molecule has 134 valence electrons. The van der Waals surface area contributed by atoms with Crippen molar-refractivity contribution in [1.82, 2.24) is 4.68 Å². The van der Waals surface area contributed by atoms with E-state index in [0.29, 0.717) is 0 Å². The standard InChI is InChI=1S/C24H29N2/c1-7-24(5)22-19(18-13-9-8-10-14-18)16-25(6)26(22)21-17(2)12-11-15-20(21)23(24,3)4/h8-16H,7H2,1-6H3/q+1. The molecule has 2 heteroatoms. The molecule has 1 atom stereocenters. The van der Waals surface area contributed by atoms with Crippen molar-refractivity contribution in [1.29, 1.82) is 0 Å². The van der Waals surface area contributed by atoms with Gasteiger partial charge in [0.2, 0.25) is 6.20 Å². The predicted molar refractivity (Wildman–Crippen MR) is 108 cm³/mol. The Morgan fingerprint density at radius 3 is 2.31 bits per heavy atom. The third-order valence-electron chi connectivity index (χ3n) is 6.92. The molecule has 0 fully saturated rings. The number of nitrogens with zero attached hydrogens (tertiary/aromatic N) is 2. The third-order valence-corrected chi connectivity index (χ3v) is 6.92. The van der Waals surface area contributed by atoms with Crippen molar-refractivity contribution in [2.24, 2.45) is 7.05 Å². The summed E-state index contributed by atoms with van der Waals surface area (Å²) in [4.78, 5) is 0. The molecule has 1 aliphatic rings. The van der Waals surface area contributed by atoms with E-state index in [0.717, 1.165) is 6.42 Å². The van der Waals surface area contributed by atoms with Crippen LogP contribution in [-0.2, 0) is 17.9 Å². The molecule has 3 aromatic rings. The van der Waals surface area contributed by atoms with Crippen molar-refractivity contribution in [2.45, 2.75) is 51.9 Å². The van der Waals surface area contributed by atoms with Crippen LogP contribution in [0.3, 0.4) is 0 Å². The van der Waals surface area contributed by atoms with E-state index in [-0.39, 0.29) is 10.8 Å². The van der Waals surface area contributed by atoms with E-state index in [1.54, 1.807) is 0 Å². The van der Waals surface area contributed by atoms with Gasteiger partial charge in [-0.2, -0.15) is 0 Å². The van der Waals surface area contributed by atoms with Crippen LogP contribution in [0.25, 0.3) is 16.8 Å². The fraction of sp³-hybridized carbons (Fsp3) is 0.375. The molecular formula is C24H29N2+. The summed E-state index contributed by atoms with van der Waals surface area (Å²) in [5.41, 5.74) is 8.29. The minimum atomic E-state index is 0.0419. The first-order valence-electron chi connectivity index (χ1n) is 9.61. The zero-order valence-electron chi connectivity index (χ0n) is 16.8. The topological polar surface area (TPSA) is 8.81 Å². The highest BCUT2D eigenvalue weighted by Gasteiger charge is 2.52. The van der Waals surface area contributed by atoms with Crippen LogP contribution in [0.5, 0.6) is 0 Å². The highest BCUT2D eigenvalue weighted by molar-refractivity contribution is 5.70. The summed E-state index contributed by atoms with van der Waals surface area (Å²) < 4.78 is 4.73. The van der Waals surface area contributed by atoms with E-state index in [9.17, 15) is 0 Å². The second kappa shape index (κ2) is 5.57. The van der Waals surface area contributed by atoms with Crippen LogP contribution in [0, 0.1) is 6.92 Å². The molecule has 4 rings (SSSR count). The molecule has 1 aromatic heterocycles. The number of hydrogen-bond acceptors (Lipinski definition) is 0. The molecule has 0 bridgehead atoms. The molecular weight excluding hydrogens is 316 g/mol. The lowest BCUT2D eigenvalue weighted by Gasteiger charge is -2.48. The quantitative estimate of drug-likeness (QED) is 0.562. The van der Waals surface area contributed by atoms with E-state index in [1.807, 2.05) is 0 Å². The van der Waals surface area contributed by atoms with E-state index in [4.69, 9.17) is 0 Å². The first-order chi connectivity index (χ1) is 12.3. The Balaban J connectivity index is 2.17. The average molecular weight is 346 g/mol. The van der Waals surface area contributed by atoms with Gasteiger partial charge in [-0.25, -0.2) is 0 Å². The summed E-state index contributed by atoms with van der Waals surface area (Å²) >= 11 is 0. The molecule has 2 aromatic carbocycles. The van der Waals surface area contributed by atoms with Gasteiger partial charge in [0.1, 0.15) is 11.4 Å². The number of benzene rings is 2.